The van der Waals surface area contributed by atoms with Gasteiger partial charge in [0.25, 0.3) is 0 Å². The molecule has 0 radical (unpaired) electrons. The van der Waals surface area contributed by atoms with E-state index < -0.39 is 0 Å². The molecule has 0 spiro atoms. The maximum absolute atomic E-state index is 5.75. The number of fused-ring (bicyclic) bond motifs is 1. The van der Waals surface area contributed by atoms with E-state index in [4.69, 9.17) is 9.47 Å². The Balaban J connectivity index is 1.72. The van der Waals surface area contributed by atoms with Gasteiger partial charge in [-0.25, -0.2) is 4.98 Å². The Morgan fingerprint density at radius 2 is 1.95 bits per heavy atom. The highest BCUT2D eigenvalue weighted by Crippen LogP contribution is 2.32. The number of nitrogens with zero attached hydrogens (tertiary/aromatic N) is 1. The molecule has 1 N–H and O–H groups in total. The Bertz CT molecular complexity index is 586. The van der Waals surface area contributed by atoms with Crippen molar-refractivity contribution in [2.24, 2.45) is 0 Å². The van der Waals surface area contributed by atoms with Crippen LogP contribution in [0.15, 0.2) is 29.8 Å². The van der Waals surface area contributed by atoms with E-state index in [-0.39, 0.29) is 12.1 Å². The summed E-state index contributed by atoms with van der Waals surface area (Å²) in [6.45, 7) is 5.73. The molecule has 1 aliphatic rings. The topological polar surface area (TPSA) is 43.4 Å². The van der Waals surface area contributed by atoms with Crippen molar-refractivity contribution in [2.45, 2.75) is 32.4 Å². The van der Waals surface area contributed by atoms with E-state index in [2.05, 4.69) is 36.3 Å². The van der Waals surface area contributed by atoms with Crippen molar-refractivity contribution in [3.63, 3.8) is 0 Å². The van der Waals surface area contributed by atoms with Crippen LogP contribution in [0.4, 0.5) is 0 Å². The van der Waals surface area contributed by atoms with Crippen LogP contribution in [0.25, 0.3) is 0 Å². The summed E-state index contributed by atoms with van der Waals surface area (Å²) in [6.07, 6.45) is 2.77. The zero-order chi connectivity index (χ0) is 14.7. The summed E-state index contributed by atoms with van der Waals surface area (Å²) in [5.41, 5.74) is 1.20. The molecule has 1 aromatic heterocycles. The van der Waals surface area contributed by atoms with E-state index >= 15 is 0 Å². The van der Waals surface area contributed by atoms with Crippen molar-refractivity contribution >= 4 is 11.3 Å². The molecule has 1 aliphatic heterocycles. The summed E-state index contributed by atoms with van der Waals surface area (Å²) in [4.78, 5) is 4.36. The lowest BCUT2D eigenvalue weighted by atomic mass is 10.1. The maximum Gasteiger partial charge on any atom is 0.161 e. The van der Waals surface area contributed by atoms with Crippen LogP contribution in [-0.2, 0) is 0 Å². The number of hydrogen-bond acceptors (Lipinski definition) is 5. The third kappa shape index (κ3) is 3.36. The van der Waals surface area contributed by atoms with Crippen LogP contribution in [0.2, 0.25) is 0 Å². The van der Waals surface area contributed by atoms with Gasteiger partial charge in [-0.2, -0.15) is 0 Å². The first-order chi connectivity index (χ1) is 10.2. The van der Waals surface area contributed by atoms with Gasteiger partial charge in [0.2, 0.25) is 0 Å². The van der Waals surface area contributed by atoms with Gasteiger partial charge in [0.15, 0.2) is 11.5 Å². The fourth-order valence-corrected chi connectivity index (χ4v) is 3.10. The fourth-order valence-electron chi connectivity index (χ4n) is 2.44. The molecule has 0 saturated heterocycles. The van der Waals surface area contributed by atoms with Gasteiger partial charge in [0, 0.05) is 24.0 Å². The quantitative estimate of drug-likeness (QED) is 0.935. The summed E-state index contributed by atoms with van der Waals surface area (Å²) in [6, 6.07) is 6.63. The molecular weight excluding hydrogens is 284 g/mol. The van der Waals surface area contributed by atoms with E-state index in [1.807, 2.05) is 17.6 Å². The highest BCUT2D eigenvalue weighted by molar-refractivity contribution is 7.09. The standard InChI is InChI=1S/C16H20N2O2S/c1-11(18-12(2)16-17-6-9-21-16)13-4-5-14-15(10-13)20-8-3-7-19-14/h4-6,9-12,18H,3,7-8H2,1-2H3. The van der Waals surface area contributed by atoms with Crippen LogP contribution in [0.1, 0.15) is 42.9 Å². The summed E-state index contributed by atoms with van der Waals surface area (Å²) < 4.78 is 11.4. The number of nitrogens with one attached hydrogen (secondary N) is 1. The normalized spacial score (nSPS) is 17.0. The molecule has 2 heterocycles. The fraction of sp³-hybridized carbons (Fsp3) is 0.438. The van der Waals surface area contributed by atoms with Crippen LogP contribution < -0.4 is 14.8 Å². The van der Waals surface area contributed by atoms with Gasteiger partial charge in [-0.15, -0.1) is 11.3 Å². The number of hydrogen-bond donors (Lipinski definition) is 1. The molecule has 1 aromatic carbocycles. The summed E-state index contributed by atoms with van der Waals surface area (Å²) >= 11 is 1.68. The number of thiazole rings is 1. The van der Waals surface area contributed by atoms with Crippen LogP contribution in [0.3, 0.4) is 0 Å². The molecule has 112 valence electrons. The number of aromatic nitrogens is 1. The van der Waals surface area contributed by atoms with E-state index in [1.165, 1.54) is 5.56 Å². The van der Waals surface area contributed by atoms with E-state index in [9.17, 15) is 0 Å². The minimum Gasteiger partial charge on any atom is -0.490 e. The minimum absolute atomic E-state index is 0.223. The third-order valence-electron chi connectivity index (χ3n) is 3.59. The summed E-state index contributed by atoms with van der Waals surface area (Å²) in [7, 11) is 0. The van der Waals surface area contributed by atoms with Crippen LogP contribution >= 0.6 is 11.3 Å². The van der Waals surface area contributed by atoms with E-state index in [1.54, 1.807) is 11.3 Å². The molecule has 0 saturated carbocycles. The first-order valence-electron chi connectivity index (χ1n) is 7.29. The average molecular weight is 304 g/mol. The van der Waals surface area contributed by atoms with Gasteiger partial charge in [-0.1, -0.05) is 6.07 Å². The lowest BCUT2D eigenvalue weighted by molar-refractivity contribution is 0.297. The Hall–Kier alpha value is -1.59. The second kappa shape index (κ2) is 6.45. The largest absolute Gasteiger partial charge is 0.490 e. The monoisotopic (exact) mass is 304 g/mol. The Labute approximate surface area is 129 Å². The molecule has 3 rings (SSSR count). The lowest BCUT2D eigenvalue weighted by Gasteiger charge is -2.20. The van der Waals surface area contributed by atoms with Crippen molar-refractivity contribution in [3.05, 3.63) is 40.3 Å². The lowest BCUT2D eigenvalue weighted by Crippen LogP contribution is -2.22. The van der Waals surface area contributed by atoms with E-state index in [0.29, 0.717) is 6.61 Å². The molecule has 2 aromatic rings. The molecular formula is C16H20N2O2S. The molecule has 0 bridgehead atoms. The Morgan fingerprint density at radius 3 is 2.71 bits per heavy atom. The molecule has 2 atom stereocenters. The SMILES string of the molecule is CC(NC(C)c1nccs1)c1ccc2c(c1)OCCCO2. The summed E-state index contributed by atoms with van der Waals surface area (Å²) in [5.74, 6) is 1.69. The van der Waals surface area contributed by atoms with Crippen LogP contribution in [0.5, 0.6) is 11.5 Å². The Kier molecular flexibility index (Phi) is 4.41. The van der Waals surface area contributed by atoms with Crippen molar-refractivity contribution in [1.29, 1.82) is 0 Å². The number of rotatable bonds is 4. The molecule has 21 heavy (non-hydrogen) atoms. The maximum atomic E-state index is 5.75. The molecule has 0 aliphatic carbocycles. The van der Waals surface area contributed by atoms with E-state index in [0.717, 1.165) is 29.5 Å². The zero-order valence-corrected chi connectivity index (χ0v) is 13.2. The highest BCUT2D eigenvalue weighted by Gasteiger charge is 2.16. The second-order valence-corrected chi connectivity index (χ2v) is 6.16. The van der Waals surface area contributed by atoms with Crippen molar-refractivity contribution in [3.8, 4) is 11.5 Å². The molecule has 0 fully saturated rings. The van der Waals surface area contributed by atoms with Crippen molar-refractivity contribution < 1.29 is 9.47 Å². The first-order valence-corrected chi connectivity index (χ1v) is 8.17. The van der Waals surface area contributed by atoms with Crippen molar-refractivity contribution in [2.75, 3.05) is 13.2 Å². The number of ether oxygens (including phenoxy) is 2. The van der Waals surface area contributed by atoms with Gasteiger partial charge in [0.05, 0.1) is 19.3 Å². The predicted octanol–water partition coefficient (Wildman–Crippen LogP) is 3.72. The predicted molar refractivity (Wildman–Crippen MR) is 84.1 cm³/mol. The third-order valence-corrected chi connectivity index (χ3v) is 4.55. The molecule has 2 unspecified atom stereocenters. The van der Waals surface area contributed by atoms with Gasteiger partial charge in [0.1, 0.15) is 5.01 Å². The minimum atomic E-state index is 0.223. The molecule has 0 amide bonds. The van der Waals surface area contributed by atoms with Crippen molar-refractivity contribution in [1.82, 2.24) is 10.3 Å². The highest BCUT2D eigenvalue weighted by atomic mass is 32.1. The second-order valence-electron chi connectivity index (χ2n) is 5.24. The number of benzene rings is 1. The zero-order valence-electron chi connectivity index (χ0n) is 12.3. The van der Waals surface area contributed by atoms with Crippen LogP contribution in [0, 0.1) is 0 Å². The Morgan fingerprint density at radius 1 is 1.14 bits per heavy atom. The van der Waals surface area contributed by atoms with Gasteiger partial charge >= 0.3 is 0 Å². The molecule has 5 heteroatoms. The average Bonchev–Trinajstić information content (AvgIpc) is 2.92. The smallest absolute Gasteiger partial charge is 0.161 e. The van der Waals surface area contributed by atoms with Gasteiger partial charge < -0.3 is 14.8 Å². The summed E-state index contributed by atoms with van der Waals surface area (Å²) in [5, 5.41) is 6.69. The van der Waals surface area contributed by atoms with Gasteiger partial charge in [-0.05, 0) is 31.5 Å². The molecule has 4 nitrogen and oxygen atoms in total. The van der Waals surface area contributed by atoms with Gasteiger partial charge in [-0.3, -0.25) is 0 Å². The first kappa shape index (κ1) is 14.4. The van der Waals surface area contributed by atoms with Crippen LogP contribution in [-0.4, -0.2) is 18.2 Å².